The van der Waals surface area contributed by atoms with Crippen LogP contribution in [0, 0.1) is 6.92 Å². The molecule has 0 radical (unpaired) electrons. The number of aromatic nitrogens is 2. The average molecular weight is 286 g/mol. The van der Waals surface area contributed by atoms with Gasteiger partial charge in [0.2, 0.25) is 0 Å². The van der Waals surface area contributed by atoms with Crippen LogP contribution in [-0.2, 0) is 11.3 Å². The minimum atomic E-state index is 0.375. The summed E-state index contributed by atoms with van der Waals surface area (Å²) in [6.07, 6.45) is 0. The van der Waals surface area contributed by atoms with Crippen LogP contribution in [0.5, 0.6) is 0 Å². The van der Waals surface area contributed by atoms with Gasteiger partial charge < -0.3 is 15.4 Å². The minimum Gasteiger partial charge on any atom is -0.384 e. The van der Waals surface area contributed by atoms with Crippen LogP contribution in [0.2, 0.25) is 0 Å². The van der Waals surface area contributed by atoms with E-state index >= 15 is 0 Å². The number of nitrogens with zero attached hydrogens (tertiary/aromatic N) is 3. The molecule has 5 nitrogen and oxygen atoms in total. The Kier molecular flexibility index (Phi) is 5.11. The molecule has 1 heterocycles. The molecule has 0 saturated heterocycles. The summed E-state index contributed by atoms with van der Waals surface area (Å²) in [7, 11) is 0. The molecule has 2 N–H and O–H groups in total. The maximum Gasteiger partial charge on any atom is 0.158 e. The van der Waals surface area contributed by atoms with Gasteiger partial charge in [0.15, 0.2) is 5.82 Å². The molecule has 2 aromatic rings. The van der Waals surface area contributed by atoms with E-state index in [1.165, 1.54) is 5.56 Å². The SMILES string of the molecule is CCOCc1nc(N)cc(N(CC)c2ccc(C)cc2)n1. The molecule has 2 rings (SSSR count). The quantitative estimate of drug-likeness (QED) is 0.884. The highest BCUT2D eigenvalue weighted by Crippen LogP contribution is 2.24. The van der Waals surface area contributed by atoms with Crippen LogP contribution in [-0.4, -0.2) is 23.1 Å². The van der Waals surface area contributed by atoms with Gasteiger partial charge in [-0.1, -0.05) is 17.7 Å². The number of nitrogens with two attached hydrogens (primary N) is 1. The number of rotatable bonds is 6. The summed E-state index contributed by atoms with van der Waals surface area (Å²) >= 11 is 0. The van der Waals surface area contributed by atoms with E-state index in [0.717, 1.165) is 18.1 Å². The first kappa shape index (κ1) is 15.3. The van der Waals surface area contributed by atoms with Crippen molar-refractivity contribution in [2.75, 3.05) is 23.8 Å². The molecule has 0 fully saturated rings. The Labute approximate surface area is 125 Å². The lowest BCUT2D eigenvalue weighted by Gasteiger charge is -2.23. The lowest BCUT2D eigenvalue weighted by Crippen LogP contribution is -2.19. The Morgan fingerprint density at radius 2 is 1.86 bits per heavy atom. The number of anilines is 3. The summed E-state index contributed by atoms with van der Waals surface area (Å²) in [6.45, 7) is 7.90. The first-order valence-electron chi connectivity index (χ1n) is 7.19. The molecular formula is C16H22N4O. The predicted molar refractivity (Wildman–Crippen MR) is 85.6 cm³/mol. The Hall–Kier alpha value is -2.14. The van der Waals surface area contributed by atoms with Crippen LogP contribution in [0.15, 0.2) is 30.3 Å². The molecule has 0 bridgehead atoms. The third kappa shape index (κ3) is 3.92. The zero-order valence-corrected chi connectivity index (χ0v) is 12.8. The molecule has 0 amide bonds. The van der Waals surface area contributed by atoms with Gasteiger partial charge in [-0.2, -0.15) is 0 Å². The van der Waals surface area contributed by atoms with E-state index < -0.39 is 0 Å². The fourth-order valence-corrected chi connectivity index (χ4v) is 2.10. The fourth-order valence-electron chi connectivity index (χ4n) is 2.10. The molecule has 112 valence electrons. The van der Waals surface area contributed by atoms with Gasteiger partial charge in [0.05, 0.1) is 0 Å². The molecular weight excluding hydrogens is 264 g/mol. The summed E-state index contributed by atoms with van der Waals surface area (Å²) in [4.78, 5) is 10.9. The van der Waals surface area contributed by atoms with Crippen LogP contribution in [0.1, 0.15) is 25.2 Å². The summed E-state index contributed by atoms with van der Waals surface area (Å²) in [5, 5.41) is 0. The molecule has 0 aliphatic carbocycles. The first-order valence-corrected chi connectivity index (χ1v) is 7.19. The van der Waals surface area contributed by atoms with Crippen LogP contribution in [0.25, 0.3) is 0 Å². The Morgan fingerprint density at radius 1 is 1.14 bits per heavy atom. The second kappa shape index (κ2) is 7.04. The van der Waals surface area contributed by atoms with Crippen LogP contribution >= 0.6 is 0 Å². The fraction of sp³-hybridized carbons (Fsp3) is 0.375. The van der Waals surface area contributed by atoms with Gasteiger partial charge in [-0.3, -0.25) is 0 Å². The first-order chi connectivity index (χ1) is 10.1. The molecule has 5 heteroatoms. The van der Waals surface area contributed by atoms with E-state index in [9.17, 15) is 0 Å². The third-order valence-electron chi connectivity index (χ3n) is 3.15. The maximum absolute atomic E-state index is 5.89. The van der Waals surface area contributed by atoms with Crippen molar-refractivity contribution >= 4 is 17.3 Å². The molecule has 1 aromatic heterocycles. The lowest BCUT2D eigenvalue weighted by molar-refractivity contribution is 0.128. The Bertz CT molecular complexity index is 583. The second-order valence-electron chi connectivity index (χ2n) is 4.78. The summed E-state index contributed by atoms with van der Waals surface area (Å²) < 4.78 is 5.37. The zero-order valence-electron chi connectivity index (χ0n) is 12.8. The van der Waals surface area contributed by atoms with E-state index in [-0.39, 0.29) is 0 Å². The van der Waals surface area contributed by atoms with Gasteiger partial charge in [0, 0.05) is 24.9 Å². The summed E-state index contributed by atoms with van der Waals surface area (Å²) in [6, 6.07) is 10.1. The van der Waals surface area contributed by atoms with Gasteiger partial charge in [-0.15, -0.1) is 0 Å². The van der Waals surface area contributed by atoms with Gasteiger partial charge in [-0.25, -0.2) is 9.97 Å². The highest BCUT2D eigenvalue weighted by atomic mass is 16.5. The number of hydrogen-bond acceptors (Lipinski definition) is 5. The summed E-state index contributed by atoms with van der Waals surface area (Å²) in [5.74, 6) is 1.86. The van der Waals surface area contributed by atoms with Crippen molar-refractivity contribution in [1.29, 1.82) is 0 Å². The van der Waals surface area contributed by atoms with Crippen LogP contribution in [0.3, 0.4) is 0 Å². The van der Waals surface area contributed by atoms with Crippen molar-refractivity contribution in [2.45, 2.75) is 27.4 Å². The van der Waals surface area contributed by atoms with Crippen LogP contribution < -0.4 is 10.6 Å². The van der Waals surface area contributed by atoms with Crippen molar-refractivity contribution in [2.24, 2.45) is 0 Å². The van der Waals surface area contributed by atoms with Crippen molar-refractivity contribution in [3.63, 3.8) is 0 Å². The Morgan fingerprint density at radius 3 is 2.48 bits per heavy atom. The molecule has 0 saturated carbocycles. The topological polar surface area (TPSA) is 64.3 Å². The lowest BCUT2D eigenvalue weighted by atomic mass is 10.2. The largest absolute Gasteiger partial charge is 0.384 e. The number of hydrogen-bond donors (Lipinski definition) is 1. The molecule has 1 aromatic carbocycles. The monoisotopic (exact) mass is 286 g/mol. The number of aryl methyl sites for hydroxylation is 1. The highest BCUT2D eigenvalue weighted by molar-refractivity contribution is 5.62. The number of nitrogen functional groups attached to an aromatic ring is 1. The van der Waals surface area contributed by atoms with Crippen molar-refractivity contribution in [3.05, 3.63) is 41.7 Å². The normalized spacial score (nSPS) is 10.6. The molecule has 0 aliphatic rings. The third-order valence-corrected chi connectivity index (χ3v) is 3.15. The summed E-state index contributed by atoms with van der Waals surface area (Å²) in [5.41, 5.74) is 8.21. The van der Waals surface area contributed by atoms with Crippen molar-refractivity contribution in [1.82, 2.24) is 9.97 Å². The Balaban J connectivity index is 2.32. The minimum absolute atomic E-state index is 0.375. The second-order valence-corrected chi connectivity index (χ2v) is 4.78. The molecule has 0 spiro atoms. The van der Waals surface area contributed by atoms with Gasteiger partial charge in [0.25, 0.3) is 0 Å². The van der Waals surface area contributed by atoms with E-state index in [1.54, 1.807) is 6.07 Å². The standard InChI is InChI=1S/C16H22N4O/c1-4-20(13-8-6-12(3)7-9-13)16-10-14(17)18-15(19-16)11-21-5-2/h6-10H,4-5,11H2,1-3H3,(H2,17,18,19). The van der Waals surface area contributed by atoms with E-state index in [0.29, 0.717) is 24.9 Å². The number of ether oxygens (including phenoxy) is 1. The van der Waals surface area contributed by atoms with E-state index in [2.05, 4.69) is 53.0 Å². The molecule has 0 unspecified atom stereocenters. The van der Waals surface area contributed by atoms with Crippen LogP contribution in [0.4, 0.5) is 17.3 Å². The predicted octanol–water partition coefficient (Wildman–Crippen LogP) is 3.06. The van der Waals surface area contributed by atoms with Gasteiger partial charge in [0.1, 0.15) is 18.2 Å². The van der Waals surface area contributed by atoms with E-state index in [1.807, 2.05) is 6.92 Å². The molecule has 0 atom stereocenters. The average Bonchev–Trinajstić information content (AvgIpc) is 2.47. The van der Waals surface area contributed by atoms with Gasteiger partial charge >= 0.3 is 0 Å². The smallest absolute Gasteiger partial charge is 0.158 e. The van der Waals surface area contributed by atoms with E-state index in [4.69, 9.17) is 10.5 Å². The highest BCUT2D eigenvalue weighted by Gasteiger charge is 2.11. The zero-order chi connectivity index (χ0) is 15.2. The maximum atomic E-state index is 5.89. The number of benzene rings is 1. The van der Waals surface area contributed by atoms with Crippen molar-refractivity contribution < 1.29 is 4.74 Å². The van der Waals surface area contributed by atoms with Crippen molar-refractivity contribution in [3.8, 4) is 0 Å². The molecule has 0 aliphatic heterocycles. The van der Waals surface area contributed by atoms with Gasteiger partial charge in [-0.05, 0) is 32.9 Å². The molecule has 21 heavy (non-hydrogen) atoms.